The molecule has 184 valence electrons. The largest absolute Gasteiger partial charge is 0.399 e. The maximum Gasteiger partial charge on any atom is 0.0314 e. The van der Waals surface area contributed by atoms with Crippen LogP contribution in [0.5, 0.6) is 0 Å². The van der Waals surface area contributed by atoms with Crippen molar-refractivity contribution in [2.24, 2.45) is 0 Å². The van der Waals surface area contributed by atoms with Crippen LogP contribution in [0.15, 0.2) is 102 Å². The standard InChI is InChI=1S/C17H20.C8H9Br.C8H11N/c1-3-14-5-9-16(10-6-14)13-17-11-7-15(4-2)8-12-17;2*1-2-7-3-5-8(9)6-4-7/h5-12H,3-4,13H2,1-2H3;3-6H,2H2,1H3;3-6H,2,9H2,1H3. The van der Waals surface area contributed by atoms with E-state index in [1.54, 1.807) is 0 Å². The van der Waals surface area contributed by atoms with E-state index in [4.69, 9.17) is 5.73 Å². The monoisotopic (exact) mass is 529 g/mol. The molecule has 0 atom stereocenters. The number of aryl methyl sites for hydroxylation is 4. The molecular formula is C33H40BrN. The van der Waals surface area contributed by atoms with Crippen molar-refractivity contribution >= 4 is 21.6 Å². The van der Waals surface area contributed by atoms with Crippen LogP contribution < -0.4 is 5.73 Å². The molecule has 0 aliphatic heterocycles. The van der Waals surface area contributed by atoms with E-state index in [0.29, 0.717) is 0 Å². The third-order valence-corrected chi connectivity index (χ3v) is 6.51. The molecule has 2 heteroatoms. The molecule has 0 amide bonds. The topological polar surface area (TPSA) is 26.0 Å². The number of nitrogen functional groups attached to an aromatic ring is 1. The summed E-state index contributed by atoms with van der Waals surface area (Å²) < 4.78 is 1.15. The lowest BCUT2D eigenvalue weighted by Crippen LogP contribution is -1.90. The number of rotatable bonds is 6. The Labute approximate surface area is 221 Å². The van der Waals surface area contributed by atoms with Crippen molar-refractivity contribution in [1.82, 2.24) is 0 Å². The number of hydrogen-bond acceptors (Lipinski definition) is 1. The van der Waals surface area contributed by atoms with E-state index in [2.05, 4.69) is 129 Å². The van der Waals surface area contributed by atoms with Gasteiger partial charge in [0.25, 0.3) is 0 Å². The van der Waals surface area contributed by atoms with E-state index in [-0.39, 0.29) is 0 Å². The predicted molar refractivity (Wildman–Crippen MR) is 158 cm³/mol. The van der Waals surface area contributed by atoms with Gasteiger partial charge in [-0.05, 0) is 89.8 Å². The summed E-state index contributed by atoms with van der Waals surface area (Å²) in [7, 11) is 0. The maximum absolute atomic E-state index is 5.48. The third kappa shape index (κ3) is 11.0. The minimum Gasteiger partial charge on any atom is -0.399 e. The van der Waals surface area contributed by atoms with Gasteiger partial charge in [-0.3, -0.25) is 0 Å². The minimum atomic E-state index is 0.840. The van der Waals surface area contributed by atoms with E-state index < -0.39 is 0 Å². The minimum absolute atomic E-state index is 0.840. The van der Waals surface area contributed by atoms with Gasteiger partial charge in [-0.2, -0.15) is 0 Å². The van der Waals surface area contributed by atoms with Crippen LogP contribution in [0.1, 0.15) is 61.1 Å². The lowest BCUT2D eigenvalue weighted by atomic mass is 10.0. The van der Waals surface area contributed by atoms with E-state index in [1.165, 1.54) is 33.4 Å². The first-order chi connectivity index (χ1) is 17.0. The van der Waals surface area contributed by atoms with E-state index >= 15 is 0 Å². The number of anilines is 1. The van der Waals surface area contributed by atoms with Crippen molar-refractivity contribution in [3.05, 3.63) is 135 Å². The smallest absolute Gasteiger partial charge is 0.0314 e. The fourth-order valence-corrected chi connectivity index (χ4v) is 3.76. The quantitative estimate of drug-likeness (QED) is 0.247. The Morgan fingerprint density at radius 1 is 0.429 bits per heavy atom. The third-order valence-electron chi connectivity index (χ3n) is 5.98. The molecule has 0 saturated heterocycles. The number of benzene rings is 4. The highest BCUT2D eigenvalue weighted by atomic mass is 79.9. The van der Waals surface area contributed by atoms with Crippen LogP contribution in [0.2, 0.25) is 0 Å². The molecule has 0 radical (unpaired) electrons. The van der Waals surface area contributed by atoms with Crippen LogP contribution in [0.4, 0.5) is 5.69 Å². The lowest BCUT2D eigenvalue weighted by Gasteiger charge is -2.04. The van der Waals surface area contributed by atoms with Crippen molar-refractivity contribution in [2.45, 2.75) is 59.8 Å². The van der Waals surface area contributed by atoms with Crippen LogP contribution >= 0.6 is 15.9 Å². The Hall–Kier alpha value is -2.84. The van der Waals surface area contributed by atoms with E-state index in [1.807, 2.05) is 12.1 Å². The zero-order chi connectivity index (χ0) is 25.5. The van der Waals surface area contributed by atoms with Crippen molar-refractivity contribution < 1.29 is 0 Å². The summed E-state index contributed by atoms with van der Waals surface area (Å²) in [5, 5.41) is 0. The number of nitrogens with two attached hydrogens (primary N) is 1. The molecular weight excluding hydrogens is 490 g/mol. The second-order valence-electron chi connectivity index (χ2n) is 8.59. The molecule has 0 aliphatic rings. The molecule has 2 N–H and O–H groups in total. The van der Waals surface area contributed by atoms with E-state index in [0.717, 1.165) is 42.3 Å². The molecule has 0 fully saturated rings. The molecule has 4 rings (SSSR count). The first kappa shape index (κ1) is 28.4. The molecule has 0 unspecified atom stereocenters. The lowest BCUT2D eigenvalue weighted by molar-refractivity contribution is 1.11. The zero-order valence-corrected chi connectivity index (χ0v) is 23.3. The summed E-state index contributed by atoms with van der Waals surface area (Å²) in [6.07, 6.45) is 5.47. The van der Waals surface area contributed by atoms with Crippen LogP contribution in [0.25, 0.3) is 0 Å². The highest BCUT2D eigenvalue weighted by Gasteiger charge is 1.97. The Bertz CT molecular complexity index is 989. The van der Waals surface area contributed by atoms with Gasteiger partial charge in [0.2, 0.25) is 0 Å². The summed E-state index contributed by atoms with van der Waals surface area (Å²) >= 11 is 3.37. The van der Waals surface area contributed by atoms with Crippen LogP contribution in [0.3, 0.4) is 0 Å². The molecule has 0 heterocycles. The molecule has 0 saturated carbocycles. The summed E-state index contributed by atoms with van der Waals surface area (Å²) in [5.41, 5.74) is 14.7. The van der Waals surface area contributed by atoms with Crippen molar-refractivity contribution in [1.29, 1.82) is 0 Å². The molecule has 4 aromatic rings. The van der Waals surface area contributed by atoms with Gasteiger partial charge in [0.05, 0.1) is 0 Å². The highest BCUT2D eigenvalue weighted by molar-refractivity contribution is 9.10. The Kier molecular flexibility index (Phi) is 12.9. The van der Waals surface area contributed by atoms with Crippen molar-refractivity contribution in [3.63, 3.8) is 0 Å². The first-order valence-electron chi connectivity index (χ1n) is 12.7. The second kappa shape index (κ2) is 15.9. The number of halogens is 1. The highest BCUT2D eigenvalue weighted by Crippen LogP contribution is 2.13. The van der Waals surface area contributed by atoms with Gasteiger partial charge >= 0.3 is 0 Å². The average molecular weight is 531 g/mol. The van der Waals surface area contributed by atoms with Crippen LogP contribution in [0, 0.1) is 0 Å². The fraction of sp³-hybridized carbons (Fsp3) is 0.273. The summed E-state index contributed by atoms with van der Waals surface area (Å²) in [5.74, 6) is 0. The van der Waals surface area contributed by atoms with Gasteiger partial charge in [-0.15, -0.1) is 0 Å². The van der Waals surface area contributed by atoms with Gasteiger partial charge in [-0.1, -0.05) is 116 Å². The maximum atomic E-state index is 5.48. The Morgan fingerprint density at radius 3 is 1.00 bits per heavy atom. The normalized spacial score (nSPS) is 9.97. The molecule has 35 heavy (non-hydrogen) atoms. The van der Waals surface area contributed by atoms with Crippen LogP contribution in [-0.4, -0.2) is 0 Å². The van der Waals surface area contributed by atoms with Crippen LogP contribution in [-0.2, 0) is 32.1 Å². The molecule has 4 aromatic carbocycles. The first-order valence-corrected chi connectivity index (χ1v) is 13.5. The van der Waals surface area contributed by atoms with Gasteiger partial charge in [-0.25, -0.2) is 0 Å². The zero-order valence-electron chi connectivity index (χ0n) is 21.7. The molecule has 1 nitrogen and oxygen atoms in total. The molecule has 0 spiro atoms. The van der Waals surface area contributed by atoms with E-state index in [9.17, 15) is 0 Å². The summed E-state index contributed by atoms with van der Waals surface area (Å²) in [6.45, 7) is 8.67. The van der Waals surface area contributed by atoms with Gasteiger partial charge in [0.15, 0.2) is 0 Å². The Morgan fingerprint density at radius 2 is 0.686 bits per heavy atom. The Balaban J connectivity index is 0.000000203. The SMILES string of the molecule is CCc1ccc(Br)cc1.CCc1ccc(Cc2ccc(CC)cc2)cc1.CCc1ccc(N)cc1. The van der Waals surface area contributed by atoms with Gasteiger partial charge in [0, 0.05) is 10.2 Å². The average Bonchev–Trinajstić information content (AvgIpc) is 2.91. The second-order valence-corrected chi connectivity index (χ2v) is 9.51. The van der Waals surface area contributed by atoms with Crippen molar-refractivity contribution in [2.75, 3.05) is 5.73 Å². The summed E-state index contributed by atoms with van der Waals surface area (Å²) in [6, 6.07) is 34.3. The fourth-order valence-electron chi connectivity index (χ4n) is 3.49. The number of hydrogen-bond donors (Lipinski definition) is 1. The molecule has 0 bridgehead atoms. The molecule has 0 aliphatic carbocycles. The predicted octanol–water partition coefficient (Wildman–Crippen LogP) is 9.24. The molecule has 0 aromatic heterocycles. The van der Waals surface area contributed by atoms with Gasteiger partial charge < -0.3 is 5.73 Å². The summed E-state index contributed by atoms with van der Waals surface area (Å²) in [4.78, 5) is 0. The van der Waals surface area contributed by atoms with Gasteiger partial charge in [0.1, 0.15) is 0 Å². The van der Waals surface area contributed by atoms with Crippen molar-refractivity contribution in [3.8, 4) is 0 Å².